The van der Waals surface area contributed by atoms with Crippen molar-refractivity contribution in [1.29, 1.82) is 0 Å². The third kappa shape index (κ3) is 6.67. The predicted molar refractivity (Wildman–Crippen MR) is 156 cm³/mol. The lowest BCUT2D eigenvalue weighted by Gasteiger charge is -2.22. The number of fused-ring (bicyclic) bond motifs is 2. The maximum Gasteiger partial charge on any atom is 0.306 e. The average molecular weight is 603 g/mol. The molecule has 2 aromatic heterocycles. The van der Waals surface area contributed by atoms with Crippen molar-refractivity contribution in [2.24, 2.45) is 5.92 Å². The largest absolute Gasteiger partial charge is 0.481 e. The minimum Gasteiger partial charge on any atom is -0.481 e. The summed E-state index contributed by atoms with van der Waals surface area (Å²) in [6.07, 6.45) is 3.90. The van der Waals surface area contributed by atoms with E-state index in [2.05, 4.69) is 15.1 Å². The van der Waals surface area contributed by atoms with Crippen LogP contribution in [0.15, 0.2) is 73.1 Å². The lowest BCUT2D eigenvalue weighted by Crippen LogP contribution is -2.38. The van der Waals surface area contributed by atoms with E-state index in [1.54, 1.807) is 60.9 Å². The number of aromatic nitrogens is 1. The number of carboxylic acid groups (broad SMARTS) is 1. The van der Waals surface area contributed by atoms with Crippen LogP contribution in [0.1, 0.15) is 50.6 Å². The van der Waals surface area contributed by atoms with Crippen LogP contribution in [0.5, 0.6) is 0 Å². The van der Waals surface area contributed by atoms with Gasteiger partial charge in [0.15, 0.2) is 0 Å². The molecular weight excluding hydrogens is 576 g/mol. The molecule has 2 atom stereocenters. The molecule has 1 aliphatic heterocycles. The van der Waals surface area contributed by atoms with E-state index in [4.69, 9.17) is 0 Å². The molecule has 5 rings (SSSR count). The van der Waals surface area contributed by atoms with Crippen molar-refractivity contribution in [3.05, 3.63) is 105 Å². The summed E-state index contributed by atoms with van der Waals surface area (Å²) in [7, 11) is 0. The van der Waals surface area contributed by atoms with Crippen LogP contribution in [0.4, 0.5) is 5.00 Å². The number of carboxylic acids is 1. The summed E-state index contributed by atoms with van der Waals surface area (Å²) < 4.78 is 0.886. The highest BCUT2D eigenvalue weighted by molar-refractivity contribution is 7.22. The van der Waals surface area contributed by atoms with Crippen molar-refractivity contribution in [1.82, 2.24) is 9.88 Å². The van der Waals surface area contributed by atoms with Gasteiger partial charge < -0.3 is 15.3 Å². The lowest BCUT2D eigenvalue weighted by atomic mass is 9.92. The number of pyridine rings is 1. The number of amides is 3. The van der Waals surface area contributed by atoms with Gasteiger partial charge in [-0.2, -0.15) is 0 Å². The van der Waals surface area contributed by atoms with Crippen molar-refractivity contribution >= 4 is 50.1 Å². The Morgan fingerprint density at radius 3 is 2.40 bits per heavy atom. The van der Waals surface area contributed by atoms with Crippen LogP contribution in [-0.4, -0.2) is 56.9 Å². The summed E-state index contributed by atoms with van der Waals surface area (Å²) in [5.74, 6) is -4.12. The first-order valence-electron chi connectivity index (χ1n) is 13.4. The number of rotatable bonds is 13. The van der Waals surface area contributed by atoms with E-state index in [-0.39, 0.29) is 43.5 Å². The number of carbonyl (C=O) groups is 4. The van der Waals surface area contributed by atoms with Crippen LogP contribution in [-0.2, 0) is 20.8 Å². The van der Waals surface area contributed by atoms with E-state index in [1.807, 2.05) is 12.1 Å². The number of nitrogens with zero attached hydrogens (tertiary/aromatic N) is 3. The van der Waals surface area contributed by atoms with Gasteiger partial charge in [-0.3, -0.25) is 29.1 Å². The Labute approximate surface area is 249 Å². The van der Waals surface area contributed by atoms with Gasteiger partial charge in [-0.05, 0) is 60.0 Å². The summed E-state index contributed by atoms with van der Waals surface area (Å²) in [5.41, 5.74) is 1.78. The molecule has 2 aromatic carbocycles. The maximum atomic E-state index is 13.7. The summed E-state index contributed by atoms with van der Waals surface area (Å²) in [4.78, 5) is 71.5. The smallest absolute Gasteiger partial charge is 0.306 e. The molecule has 3 amide bonds. The number of nitrogens with one attached hydrogen (secondary N) is 1. The molecule has 1 unspecified atom stereocenters. The highest BCUT2D eigenvalue weighted by Crippen LogP contribution is 2.32. The standard InChI is InChI=1S/C30H26N4O8S/c35-27(32-26-15-20-11-12-31-16-25(20)43-26)24(17-33-28(36)22-5-1-2-6-23(22)29(33)37)19-9-7-18(8-10-19)14-21(30(38)39)4-3-13-42-34(40)41/h1-2,5-12,15-16,21,24H,3-4,13-14,17H2,(H,32,35)(H,38,39)/t21-,24?/m0/s1. The van der Waals surface area contributed by atoms with Crippen LogP contribution in [0.2, 0.25) is 0 Å². The number of imide groups is 1. The molecule has 0 saturated carbocycles. The van der Waals surface area contributed by atoms with Gasteiger partial charge >= 0.3 is 5.97 Å². The Balaban J connectivity index is 1.36. The monoisotopic (exact) mass is 602 g/mol. The molecule has 0 radical (unpaired) electrons. The van der Waals surface area contributed by atoms with Gasteiger partial charge in [0.2, 0.25) is 5.91 Å². The average Bonchev–Trinajstić information content (AvgIpc) is 3.51. The van der Waals surface area contributed by atoms with Gasteiger partial charge in [0.1, 0.15) is 0 Å². The van der Waals surface area contributed by atoms with Crippen molar-refractivity contribution < 1.29 is 34.2 Å². The molecule has 1 aliphatic rings. The second kappa shape index (κ2) is 12.8. The fraction of sp³-hybridized carbons (Fsp3) is 0.233. The van der Waals surface area contributed by atoms with Gasteiger partial charge in [-0.15, -0.1) is 21.5 Å². The third-order valence-electron chi connectivity index (χ3n) is 7.24. The highest BCUT2D eigenvalue weighted by Gasteiger charge is 2.38. The molecule has 0 saturated heterocycles. The molecule has 13 heteroatoms. The molecule has 220 valence electrons. The van der Waals surface area contributed by atoms with Crippen LogP contribution in [0, 0.1) is 16.0 Å². The number of anilines is 1. The number of hydrogen-bond acceptors (Lipinski definition) is 9. The first-order chi connectivity index (χ1) is 20.7. The van der Waals surface area contributed by atoms with Crippen LogP contribution in [0.25, 0.3) is 10.1 Å². The molecule has 2 N–H and O–H groups in total. The normalized spacial score (nSPS) is 13.9. The maximum absolute atomic E-state index is 13.7. The van der Waals surface area contributed by atoms with E-state index in [1.165, 1.54) is 11.3 Å². The van der Waals surface area contributed by atoms with Crippen LogP contribution >= 0.6 is 11.3 Å². The summed E-state index contributed by atoms with van der Waals surface area (Å²) in [5, 5.41) is 23.5. The van der Waals surface area contributed by atoms with E-state index in [0.29, 0.717) is 16.1 Å². The second-order valence-corrected chi connectivity index (χ2v) is 11.1. The first kappa shape index (κ1) is 29.3. The Kier molecular flexibility index (Phi) is 8.71. The molecule has 0 spiro atoms. The quantitative estimate of drug-likeness (QED) is 0.0965. The van der Waals surface area contributed by atoms with E-state index in [9.17, 15) is 34.4 Å². The fourth-order valence-electron chi connectivity index (χ4n) is 5.03. The highest BCUT2D eigenvalue weighted by atomic mass is 32.1. The number of benzene rings is 2. The van der Waals surface area contributed by atoms with Crippen molar-refractivity contribution in [3.63, 3.8) is 0 Å². The van der Waals surface area contributed by atoms with Gasteiger partial charge in [0.05, 0.1) is 39.3 Å². The third-order valence-corrected chi connectivity index (χ3v) is 8.24. The molecule has 0 fully saturated rings. The Morgan fingerprint density at radius 2 is 1.77 bits per heavy atom. The SMILES string of the molecule is O=C(Nc1cc2ccncc2s1)C(CN1C(=O)c2ccccc2C1=O)c1ccc(C[C@H](CCCO[N+](=O)[O-])C(=O)O)cc1. The molecule has 43 heavy (non-hydrogen) atoms. The molecule has 4 aromatic rings. The minimum absolute atomic E-state index is 0.166. The summed E-state index contributed by atoms with van der Waals surface area (Å²) in [6, 6.07) is 16.9. The summed E-state index contributed by atoms with van der Waals surface area (Å²) in [6.45, 7) is -0.390. The number of thiophene rings is 1. The van der Waals surface area contributed by atoms with Crippen LogP contribution < -0.4 is 5.32 Å². The second-order valence-electron chi connectivity index (χ2n) is 10.0. The van der Waals surface area contributed by atoms with Crippen molar-refractivity contribution in [3.8, 4) is 0 Å². The fourth-order valence-corrected chi connectivity index (χ4v) is 5.97. The van der Waals surface area contributed by atoms with Crippen molar-refractivity contribution in [2.75, 3.05) is 18.5 Å². The first-order valence-corrected chi connectivity index (χ1v) is 14.2. The van der Waals surface area contributed by atoms with Gasteiger partial charge in [0.25, 0.3) is 16.9 Å². The summed E-state index contributed by atoms with van der Waals surface area (Å²) >= 11 is 1.35. The zero-order valence-electron chi connectivity index (χ0n) is 22.7. The molecule has 12 nitrogen and oxygen atoms in total. The Bertz CT molecular complexity index is 1640. The zero-order chi connectivity index (χ0) is 30.5. The van der Waals surface area contributed by atoms with Crippen LogP contribution in [0.3, 0.4) is 0 Å². The molecular formula is C30H26N4O8S. The molecule has 3 heterocycles. The van der Waals surface area contributed by atoms with Gasteiger partial charge in [0, 0.05) is 18.9 Å². The zero-order valence-corrected chi connectivity index (χ0v) is 23.5. The number of aliphatic carboxylic acids is 1. The van der Waals surface area contributed by atoms with E-state index in [0.717, 1.165) is 15.0 Å². The van der Waals surface area contributed by atoms with E-state index < -0.39 is 40.6 Å². The Hall–Kier alpha value is -5.17. The van der Waals surface area contributed by atoms with Gasteiger partial charge in [-0.1, -0.05) is 36.4 Å². The predicted octanol–water partition coefficient (Wildman–Crippen LogP) is 4.55. The van der Waals surface area contributed by atoms with Gasteiger partial charge in [-0.25, -0.2) is 0 Å². The number of carbonyl (C=O) groups excluding carboxylic acids is 3. The lowest BCUT2D eigenvalue weighted by molar-refractivity contribution is -0.757. The number of hydrogen-bond donors (Lipinski definition) is 2. The van der Waals surface area contributed by atoms with Crippen molar-refractivity contribution in [2.45, 2.75) is 25.2 Å². The van der Waals surface area contributed by atoms with E-state index >= 15 is 0 Å². The topological polar surface area (TPSA) is 169 Å². The Morgan fingerprint density at radius 1 is 1.07 bits per heavy atom. The molecule has 0 aliphatic carbocycles. The minimum atomic E-state index is -1.04. The molecule has 0 bridgehead atoms.